The van der Waals surface area contributed by atoms with Crippen LogP contribution in [0, 0.1) is 22.7 Å². The molecule has 0 bridgehead atoms. The molecule has 3 aliphatic rings. The molecule has 4 atom stereocenters. The molecule has 114 valence electrons. The van der Waals surface area contributed by atoms with Gasteiger partial charge in [-0.05, 0) is 62.7 Å². The van der Waals surface area contributed by atoms with Gasteiger partial charge in [-0.25, -0.2) is 0 Å². The average molecular weight is 341 g/mol. The third-order valence-corrected chi connectivity index (χ3v) is 7.77. The molecular weight excluding hydrogens is 312 g/mol. The predicted molar refractivity (Wildman–Crippen MR) is 87.7 cm³/mol. The van der Waals surface area contributed by atoms with Gasteiger partial charge in [0.25, 0.3) is 0 Å². The fourth-order valence-electron chi connectivity index (χ4n) is 5.91. The van der Waals surface area contributed by atoms with E-state index in [1.165, 1.54) is 43.0 Å². The zero-order valence-electron chi connectivity index (χ0n) is 13.7. The predicted octanol–water partition coefficient (Wildman–Crippen LogP) is 6.03. The standard InChI is InChI=1S/C18H29BrO/c1-12-13(19)11-15-17(4)9-6-8-16(2,3)14(17)7-10-18(15,5)20-12/h14-15H,6-11H2,1-5H3/t14?,15-,17+,18-/m1/s1. The Morgan fingerprint density at radius 2 is 1.75 bits per heavy atom. The van der Waals surface area contributed by atoms with Crippen LogP contribution in [0.2, 0.25) is 0 Å². The van der Waals surface area contributed by atoms with E-state index in [0.29, 0.717) is 16.7 Å². The lowest BCUT2D eigenvalue weighted by molar-refractivity contribution is -0.182. The molecule has 3 rings (SSSR count). The van der Waals surface area contributed by atoms with Crippen LogP contribution >= 0.6 is 15.9 Å². The Bertz CT molecular complexity index is 452. The lowest BCUT2D eigenvalue weighted by atomic mass is 9.45. The summed E-state index contributed by atoms with van der Waals surface area (Å²) in [5, 5.41) is 0. The molecule has 0 amide bonds. The molecule has 2 heteroatoms. The van der Waals surface area contributed by atoms with Crippen LogP contribution < -0.4 is 0 Å². The van der Waals surface area contributed by atoms with Gasteiger partial charge in [-0.15, -0.1) is 0 Å². The number of ether oxygens (including phenoxy) is 1. The van der Waals surface area contributed by atoms with Gasteiger partial charge in [-0.1, -0.05) is 43.1 Å². The van der Waals surface area contributed by atoms with Crippen molar-refractivity contribution in [1.82, 2.24) is 0 Å². The highest BCUT2D eigenvalue weighted by Gasteiger charge is 2.60. The molecule has 1 heterocycles. The van der Waals surface area contributed by atoms with Gasteiger partial charge < -0.3 is 4.74 Å². The number of allylic oxidation sites excluding steroid dienone is 2. The van der Waals surface area contributed by atoms with Gasteiger partial charge in [0.1, 0.15) is 11.4 Å². The van der Waals surface area contributed by atoms with Crippen molar-refractivity contribution in [3.63, 3.8) is 0 Å². The Balaban J connectivity index is 2.01. The highest BCUT2D eigenvalue weighted by molar-refractivity contribution is 9.11. The Kier molecular flexibility index (Phi) is 3.37. The van der Waals surface area contributed by atoms with E-state index < -0.39 is 0 Å². The number of hydrogen-bond acceptors (Lipinski definition) is 1. The van der Waals surface area contributed by atoms with Crippen LogP contribution in [-0.4, -0.2) is 5.60 Å². The molecule has 0 saturated heterocycles. The summed E-state index contributed by atoms with van der Waals surface area (Å²) < 4.78 is 7.70. The van der Waals surface area contributed by atoms with Crippen LogP contribution in [0.1, 0.15) is 73.1 Å². The molecule has 2 saturated carbocycles. The third kappa shape index (κ3) is 2.01. The second-order valence-corrected chi connectivity index (χ2v) is 9.53. The van der Waals surface area contributed by atoms with Crippen LogP contribution in [0.3, 0.4) is 0 Å². The van der Waals surface area contributed by atoms with Crippen molar-refractivity contribution in [3.8, 4) is 0 Å². The van der Waals surface area contributed by atoms with Crippen LogP contribution in [0.4, 0.5) is 0 Å². The molecule has 0 aromatic carbocycles. The molecule has 20 heavy (non-hydrogen) atoms. The number of rotatable bonds is 0. The number of fused-ring (bicyclic) bond motifs is 3. The maximum atomic E-state index is 6.41. The minimum atomic E-state index is 0.0556. The first-order valence-corrected chi connectivity index (χ1v) is 9.03. The first-order valence-electron chi connectivity index (χ1n) is 8.23. The van der Waals surface area contributed by atoms with E-state index in [-0.39, 0.29) is 5.60 Å². The zero-order valence-corrected chi connectivity index (χ0v) is 15.3. The van der Waals surface area contributed by atoms with E-state index in [1.807, 2.05) is 0 Å². The maximum Gasteiger partial charge on any atom is 0.109 e. The van der Waals surface area contributed by atoms with E-state index in [2.05, 4.69) is 50.5 Å². The topological polar surface area (TPSA) is 9.23 Å². The summed E-state index contributed by atoms with van der Waals surface area (Å²) >= 11 is 3.76. The second-order valence-electron chi connectivity index (χ2n) is 8.57. The fraction of sp³-hybridized carbons (Fsp3) is 0.889. The number of hydrogen-bond donors (Lipinski definition) is 0. The normalized spacial score (nSPS) is 47.3. The third-order valence-electron chi connectivity index (χ3n) is 6.89. The highest BCUT2D eigenvalue weighted by Crippen LogP contribution is 2.65. The molecule has 0 N–H and O–H groups in total. The van der Waals surface area contributed by atoms with Gasteiger partial charge in [-0.3, -0.25) is 0 Å². The second kappa shape index (κ2) is 4.51. The maximum absolute atomic E-state index is 6.41. The van der Waals surface area contributed by atoms with Gasteiger partial charge in [0.2, 0.25) is 0 Å². The molecule has 1 nitrogen and oxygen atoms in total. The molecule has 0 aromatic rings. The highest BCUT2D eigenvalue weighted by atomic mass is 79.9. The Labute approximate surface area is 132 Å². The lowest BCUT2D eigenvalue weighted by Gasteiger charge is -2.63. The van der Waals surface area contributed by atoms with Gasteiger partial charge in [0, 0.05) is 10.4 Å². The van der Waals surface area contributed by atoms with Crippen molar-refractivity contribution >= 4 is 15.9 Å². The summed E-state index contributed by atoms with van der Waals surface area (Å²) in [6, 6.07) is 0. The zero-order chi connectivity index (χ0) is 14.8. The van der Waals surface area contributed by atoms with E-state index >= 15 is 0 Å². The molecule has 2 aliphatic carbocycles. The van der Waals surface area contributed by atoms with Crippen molar-refractivity contribution < 1.29 is 4.74 Å². The average Bonchev–Trinajstić information content (AvgIpc) is 2.31. The summed E-state index contributed by atoms with van der Waals surface area (Å²) in [7, 11) is 0. The van der Waals surface area contributed by atoms with E-state index in [0.717, 1.165) is 11.7 Å². The Hall–Kier alpha value is 0.0200. The molecule has 0 radical (unpaired) electrons. The molecule has 1 unspecified atom stereocenters. The minimum absolute atomic E-state index is 0.0556. The Morgan fingerprint density at radius 1 is 1.05 bits per heavy atom. The van der Waals surface area contributed by atoms with E-state index in [1.54, 1.807) is 0 Å². The summed E-state index contributed by atoms with van der Waals surface area (Å²) in [5.41, 5.74) is 0.992. The molecule has 2 fully saturated rings. The van der Waals surface area contributed by atoms with Gasteiger partial charge in [-0.2, -0.15) is 0 Å². The molecule has 0 aromatic heterocycles. The number of halogens is 1. The van der Waals surface area contributed by atoms with Crippen LogP contribution in [0.15, 0.2) is 10.2 Å². The summed E-state index contributed by atoms with van der Waals surface area (Å²) in [4.78, 5) is 0. The van der Waals surface area contributed by atoms with Crippen molar-refractivity contribution in [2.24, 2.45) is 22.7 Å². The lowest BCUT2D eigenvalue weighted by Crippen LogP contribution is -2.59. The van der Waals surface area contributed by atoms with Crippen molar-refractivity contribution in [1.29, 1.82) is 0 Å². The SMILES string of the molecule is CC1=C(Br)C[C@H]2[C@@](C)(CCC3C(C)(C)CCC[C@@]32C)O1. The summed E-state index contributed by atoms with van der Waals surface area (Å²) in [5.74, 6) is 2.62. The van der Waals surface area contributed by atoms with Gasteiger partial charge in [0.15, 0.2) is 0 Å². The van der Waals surface area contributed by atoms with Crippen LogP contribution in [0.5, 0.6) is 0 Å². The first kappa shape index (κ1) is 14.9. The van der Waals surface area contributed by atoms with Crippen molar-refractivity contribution in [2.75, 3.05) is 0 Å². The fourth-order valence-corrected chi connectivity index (χ4v) is 6.31. The largest absolute Gasteiger partial charge is 0.491 e. The summed E-state index contributed by atoms with van der Waals surface area (Å²) in [6.45, 7) is 12.0. The van der Waals surface area contributed by atoms with Gasteiger partial charge in [0.05, 0.1) is 0 Å². The Morgan fingerprint density at radius 3 is 2.45 bits per heavy atom. The van der Waals surface area contributed by atoms with Crippen LogP contribution in [0.25, 0.3) is 0 Å². The summed E-state index contributed by atoms with van der Waals surface area (Å²) in [6.07, 6.45) is 7.89. The van der Waals surface area contributed by atoms with E-state index in [9.17, 15) is 0 Å². The minimum Gasteiger partial charge on any atom is -0.491 e. The van der Waals surface area contributed by atoms with Crippen molar-refractivity contribution in [2.45, 2.75) is 78.7 Å². The van der Waals surface area contributed by atoms with Crippen LogP contribution in [-0.2, 0) is 4.74 Å². The van der Waals surface area contributed by atoms with Crippen molar-refractivity contribution in [3.05, 3.63) is 10.2 Å². The molecule has 0 spiro atoms. The molecule has 1 aliphatic heterocycles. The first-order chi connectivity index (χ1) is 9.19. The van der Waals surface area contributed by atoms with Gasteiger partial charge >= 0.3 is 0 Å². The molecular formula is C18H29BrO. The quantitative estimate of drug-likeness (QED) is 0.522. The monoisotopic (exact) mass is 340 g/mol. The smallest absolute Gasteiger partial charge is 0.109 e. The van der Waals surface area contributed by atoms with E-state index in [4.69, 9.17) is 4.74 Å².